The van der Waals surface area contributed by atoms with Crippen LogP contribution >= 0.6 is 0 Å². The highest BCUT2D eigenvalue weighted by molar-refractivity contribution is 5.86. The molecule has 7 nitrogen and oxygen atoms in total. The number of esters is 1. The number of carboxylic acid groups (broad SMARTS) is 1. The van der Waals surface area contributed by atoms with Crippen molar-refractivity contribution < 1.29 is 24.2 Å². The van der Waals surface area contributed by atoms with Crippen molar-refractivity contribution >= 4 is 18.0 Å². The van der Waals surface area contributed by atoms with Gasteiger partial charge >= 0.3 is 18.0 Å². The second-order valence-electron chi connectivity index (χ2n) is 3.54. The van der Waals surface area contributed by atoms with Gasteiger partial charge < -0.3 is 20.9 Å². The van der Waals surface area contributed by atoms with Crippen LogP contribution in [0.5, 0.6) is 0 Å². The van der Waals surface area contributed by atoms with Gasteiger partial charge in [-0.05, 0) is 20.3 Å². The smallest absolute Gasteiger partial charge is 0.332 e. The third-order valence-corrected chi connectivity index (χ3v) is 1.77. The molecule has 0 radical (unpaired) electrons. The number of nitrogens with one attached hydrogen (secondary N) is 1. The molecule has 4 N–H and O–H groups in total. The molecule has 0 aromatic carbocycles. The Morgan fingerprint density at radius 3 is 2.16 bits per heavy atom. The van der Waals surface area contributed by atoms with Gasteiger partial charge in [0, 0.05) is 17.7 Å². The summed E-state index contributed by atoms with van der Waals surface area (Å²) in [6.45, 7) is 6.81. The number of hydrogen-bond acceptors (Lipinski definition) is 4. The Bertz CT molecular complexity index is 374. The lowest BCUT2D eigenvalue weighted by Gasteiger charge is -1.97. The Kier molecular flexibility index (Phi) is 10.8. The second kappa shape index (κ2) is 10.8. The normalized spacial score (nSPS) is 9.74. The van der Waals surface area contributed by atoms with Crippen molar-refractivity contribution in [1.82, 2.24) is 5.32 Å². The third kappa shape index (κ3) is 13.6. The number of urea groups is 1. The highest BCUT2D eigenvalue weighted by atomic mass is 16.5. The number of ether oxygens (including phenoxy) is 1. The molecule has 0 atom stereocenters. The quantitative estimate of drug-likeness (QED) is 0.389. The minimum atomic E-state index is -0.950. The number of primary amides is 1. The first-order chi connectivity index (χ1) is 8.72. The molecule has 0 unspecified atom stereocenters. The number of carbonyl (C=O) groups excluding carboxylic acids is 2. The van der Waals surface area contributed by atoms with Crippen molar-refractivity contribution in [3.05, 3.63) is 23.8 Å². The Morgan fingerprint density at radius 2 is 1.89 bits per heavy atom. The maximum Gasteiger partial charge on any atom is 0.332 e. The summed E-state index contributed by atoms with van der Waals surface area (Å²) in [5.74, 6) is -1.30. The molecule has 0 aromatic rings. The van der Waals surface area contributed by atoms with E-state index < -0.39 is 12.0 Å². The Balaban J connectivity index is 0. The van der Waals surface area contributed by atoms with Gasteiger partial charge in [0.1, 0.15) is 0 Å². The van der Waals surface area contributed by atoms with Gasteiger partial charge in [0.05, 0.1) is 7.11 Å². The highest BCUT2D eigenvalue weighted by Gasteiger charge is 1.97. The van der Waals surface area contributed by atoms with Gasteiger partial charge in [-0.25, -0.2) is 14.4 Å². The molecule has 7 heteroatoms. The van der Waals surface area contributed by atoms with E-state index in [2.05, 4.69) is 16.6 Å². The summed E-state index contributed by atoms with van der Waals surface area (Å²) in [5.41, 5.74) is 5.48. The molecule has 0 heterocycles. The van der Waals surface area contributed by atoms with E-state index in [0.29, 0.717) is 18.5 Å². The minimum Gasteiger partial charge on any atom is -0.478 e. The van der Waals surface area contributed by atoms with Crippen LogP contribution in [-0.2, 0) is 14.3 Å². The molecule has 0 rings (SSSR count). The SMILES string of the molecule is C=C(C)C(=O)OC.CC(=CCCNC(N)=O)C(=O)O. The molecule has 0 aliphatic rings. The zero-order chi connectivity index (χ0) is 15.4. The van der Waals surface area contributed by atoms with E-state index in [4.69, 9.17) is 10.8 Å². The fourth-order valence-corrected chi connectivity index (χ4v) is 0.746. The van der Waals surface area contributed by atoms with Crippen LogP contribution in [0.3, 0.4) is 0 Å². The van der Waals surface area contributed by atoms with Crippen LogP contribution in [0, 0.1) is 0 Å². The molecule has 2 amide bonds. The summed E-state index contributed by atoms with van der Waals surface area (Å²) in [4.78, 5) is 30.6. The van der Waals surface area contributed by atoms with Gasteiger partial charge in [-0.2, -0.15) is 0 Å². The lowest BCUT2D eigenvalue weighted by Crippen LogP contribution is -2.29. The number of nitrogens with two attached hydrogens (primary N) is 1. The summed E-state index contributed by atoms with van der Waals surface area (Å²) in [6, 6.07) is -0.601. The number of carbonyl (C=O) groups is 3. The molecule has 0 aromatic heterocycles. The van der Waals surface area contributed by atoms with Crippen molar-refractivity contribution in [2.75, 3.05) is 13.7 Å². The first-order valence-corrected chi connectivity index (χ1v) is 5.39. The fourth-order valence-electron chi connectivity index (χ4n) is 0.746. The lowest BCUT2D eigenvalue weighted by molar-refractivity contribution is -0.136. The van der Waals surface area contributed by atoms with E-state index in [0.717, 1.165) is 0 Å². The van der Waals surface area contributed by atoms with Crippen molar-refractivity contribution in [2.45, 2.75) is 20.3 Å². The largest absolute Gasteiger partial charge is 0.478 e. The van der Waals surface area contributed by atoms with Crippen LogP contribution in [-0.4, -0.2) is 36.7 Å². The van der Waals surface area contributed by atoms with E-state index in [-0.39, 0.29) is 11.5 Å². The van der Waals surface area contributed by atoms with Crippen molar-refractivity contribution in [3.8, 4) is 0 Å². The number of rotatable bonds is 5. The number of aliphatic carboxylic acids is 1. The van der Waals surface area contributed by atoms with E-state index in [1.165, 1.54) is 20.1 Å². The van der Waals surface area contributed by atoms with E-state index >= 15 is 0 Å². The van der Waals surface area contributed by atoms with Gasteiger partial charge in [0.2, 0.25) is 0 Å². The molecule has 0 spiro atoms. The van der Waals surface area contributed by atoms with Crippen molar-refractivity contribution in [1.29, 1.82) is 0 Å². The van der Waals surface area contributed by atoms with E-state index in [9.17, 15) is 14.4 Å². The van der Waals surface area contributed by atoms with E-state index in [1.54, 1.807) is 6.92 Å². The third-order valence-electron chi connectivity index (χ3n) is 1.77. The number of hydrogen-bond donors (Lipinski definition) is 3. The second-order valence-corrected chi connectivity index (χ2v) is 3.54. The maximum atomic E-state index is 10.2. The van der Waals surface area contributed by atoms with Crippen LogP contribution < -0.4 is 11.1 Å². The average Bonchev–Trinajstić information content (AvgIpc) is 2.33. The summed E-state index contributed by atoms with van der Waals surface area (Å²) in [6.07, 6.45) is 2.00. The van der Waals surface area contributed by atoms with Gasteiger partial charge in [-0.3, -0.25) is 0 Å². The zero-order valence-electron chi connectivity index (χ0n) is 11.4. The van der Waals surface area contributed by atoms with Crippen LogP contribution in [0.1, 0.15) is 20.3 Å². The molecule has 0 aliphatic heterocycles. The standard InChI is InChI=1S/C7H12N2O3.C5H8O2/c1-5(6(10)11)3-2-4-9-7(8)12;1-4(2)5(6)7-3/h3H,2,4H2,1H3,(H,10,11)(H3,8,9,12);1H2,2-3H3. The maximum absolute atomic E-state index is 10.2. The number of methoxy groups -OCH3 is 1. The Morgan fingerprint density at radius 1 is 1.37 bits per heavy atom. The number of carboxylic acids is 1. The molecule has 108 valence electrons. The van der Waals surface area contributed by atoms with E-state index in [1.807, 2.05) is 0 Å². The Hall–Kier alpha value is -2.31. The van der Waals surface area contributed by atoms with Gasteiger partial charge in [-0.15, -0.1) is 0 Å². The van der Waals surface area contributed by atoms with Gasteiger partial charge in [-0.1, -0.05) is 12.7 Å². The van der Waals surface area contributed by atoms with Crippen molar-refractivity contribution in [3.63, 3.8) is 0 Å². The highest BCUT2D eigenvalue weighted by Crippen LogP contribution is 1.93. The minimum absolute atomic E-state index is 0.265. The first-order valence-electron chi connectivity index (χ1n) is 5.39. The fraction of sp³-hybridized carbons (Fsp3) is 0.417. The van der Waals surface area contributed by atoms with Gasteiger partial charge in [0.15, 0.2) is 0 Å². The summed E-state index contributed by atoms with van der Waals surface area (Å²) < 4.78 is 4.27. The lowest BCUT2D eigenvalue weighted by atomic mass is 10.2. The molecule has 19 heavy (non-hydrogen) atoms. The Labute approximate surface area is 112 Å². The molecular weight excluding hydrogens is 252 g/mol. The predicted molar refractivity (Wildman–Crippen MR) is 70.4 cm³/mol. The van der Waals surface area contributed by atoms with Crippen LogP contribution in [0.25, 0.3) is 0 Å². The molecule has 0 saturated carbocycles. The molecule has 0 bridgehead atoms. The van der Waals surface area contributed by atoms with Crippen molar-refractivity contribution in [2.24, 2.45) is 5.73 Å². The molecule has 0 fully saturated rings. The topological polar surface area (TPSA) is 119 Å². The van der Waals surface area contributed by atoms with Crippen LogP contribution in [0.4, 0.5) is 4.79 Å². The first kappa shape index (κ1) is 19.0. The molecule has 0 saturated heterocycles. The predicted octanol–water partition coefficient (Wildman–Crippen LogP) is 0.811. The zero-order valence-corrected chi connectivity index (χ0v) is 11.4. The monoisotopic (exact) mass is 272 g/mol. The van der Waals surface area contributed by atoms with Crippen LogP contribution in [0.2, 0.25) is 0 Å². The summed E-state index contributed by atoms with van der Waals surface area (Å²) in [7, 11) is 1.33. The summed E-state index contributed by atoms with van der Waals surface area (Å²) in [5, 5.41) is 10.8. The van der Waals surface area contributed by atoms with Gasteiger partial charge in [0.25, 0.3) is 0 Å². The molecular formula is C12H20N2O5. The summed E-state index contributed by atoms with van der Waals surface area (Å²) >= 11 is 0. The average molecular weight is 272 g/mol. The molecule has 0 aliphatic carbocycles. The number of amides is 2. The van der Waals surface area contributed by atoms with Crippen LogP contribution in [0.15, 0.2) is 23.8 Å².